The smallest absolute Gasteiger partial charge is 0.310 e. The number of esters is 1. The third-order valence-electron chi connectivity index (χ3n) is 1.73. The minimum absolute atomic E-state index is 0.243. The van der Waals surface area contributed by atoms with Crippen LogP contribution in [-0.2, 0) is 16.0 Å². The number of rotatable bonds is 4. The fourth-order valence-corrected chi connectivity index (χ4v) is 1.07. The zero-order valence-corrected chi connectivity index (χ0v) is 7.95. The van der Waals surface area contributed by atoms with Gasteiger partial charge in [0.1, 0.15) is 0 Å². The lowest BCUT2D eigenvalue weighted by molar-refractivity contribution is -0.379. The van der Waals surface area contributed by atoms with Crippen LogP contribution in [0.15, 0.2) is 24.3 Å². The molecule has 74 valence electrons. The fourth-order valence-electron chi connectivity index (χ4n) is 1.07. The first-order valence-corrected chi connectivity index (χ1v) is 4.39. The van der Waals surface area contributed by atoms with Gasteiger partial charge in [-0.25, -0.2) is 0 Å². The van der Waals surface area contributed by atoms with Crippen LogP contribution in [0, 0.1) is 4.91 Å². The summed E-state index contributed by atoms with van der Waals surface area (Å²) in [4.78, 5) is 21.3. The van der Waals surface area contributed by atoms with E-state index < -0.39 is 0 Å². The van der Waals surface area contributed by atoms with Crippen molar-refractivity contribution < 1.29 is 14.7 Å². The van der Waals surface area contributed by atoms with Gasteiger partial charge in [-0.3, -0.25) is 4.79 Å². The maximum absolute atomic E-state index is 11.1. The topological polar surface area (TPSA) is 57.3 Å². The number of ether oxygens (including phenoxy) is 1. The number of nitrogens with one attached hydrogen (secondary N) is 1. The first-order chi connectivity index (χ1) is 6.76. The molecule has 0 heterocycles. The van der Waals surface area contributed by atoms with Crippen LogP contribution in [0.4, 0.5) is 5.69 Å². The molecule has 0 aliphatic heterocycles. The van der Waals surface area contributed by atoms with Crippen molar-refractivity contribution in [1.29, 1.82) is 0 Å². The molecule has 0 unspecified atom stereocenters. The Kier molecular flexibility index (Phi) is 3.79. The van der Waals surface area contributed by atoms with Gasteiger partial charge >= 0.3 is 5.97 Å². The molecular formula is C10H12NO3+. The molecule has 0 saturated carbocycles. The molecule has 0 amide bonds. The van der Waals surface area contributed by atoms with E-state index >= 15 is 0 Å². The highest BCUT2D eigenvalue weighted by atomic mass is 16.5. The van der Waals surface area contributed by atoms with E-state index in [1.807, 2.05) is 0 Å². The summed E-state index contributed by atoms with van der Waals surface area (Å²) in [6.07, 6.45) is 0.243. The van der Waals surface area contributed by atoms with Crippen LogP contribution in [0.2, 0.25) is 0 Å². The summed E-state index contributed by atoms with van der Waals surface area (Å²) in [5, 5.41) is 1.77. The van der Waals surface area contributed by atoms with Crippen molar-refractivity contribution in [2.45, 2.75) is 13.3 Å². The SMILES string of the molecule is CCOC(=O)Cc1ccc([NH+]=O)cc1. The van der Waals surface area contributed by atoms with Gasteiger partial charge < -0.3 is 4.74 Å². The second-order valence-electron chi connectivity index (χ2n) is 2.78. The zero-order valence-electron chi connectivity index (χ0n) is 7.95. The van der Waals surface area contributed by atoms with Gasteiger partial charge in [0.05, 0.1) is 13.0 Å². The molecule has 1 rings (SSSR count). The van der Waals surface area contributed by atoms with Crippen molar-refractivity contribution in [3.8, 4) is 0 Å². The van der Waals surface area contributed by atoms with E-state index in [1.165, 1.54) is 0 Å². The first-order valence-electron chi connectivity index (χ1n) is 4.39. The quantitative estimate of drug-likeness (QED) is 0.700. The summed E-state index contributed by atoms with van der Waals surface area (Å²) in [5.74, 6) is -0.254. The van der Waals surface area contributed by atoms with E-state index in [4.69, 9.17) is 4.74 Å². The number of carbonyl (C=O) groups excluding carboxylic acids is 1. The van der Waals surface area contributed by atoms with Gasteiger partial charge in [0.25, 0.3) is 5.69 Å². The van der Waals surface area contributed by atoms with Crippen molar-refractivity contribution in [3.63, 3.8) is 0 Å². The molecule has 4 heteroatoms. The van der Waals surface area contributed by atoms with Crippen molar-refractivity contribution in [2.24, 2.45) is 0 Å². The van der Waals surface area contributed by atoms with Crippen LogP contribution in [0.3, 0.4) is 0 Å². The predicted octanol–water partition coefficient (Wildman–Crippen LogP) is 0.271. The van der Waals surface area contributed by atoms with Gasteiger partial charge in [-0.1, -0.05) is 12.1 Å². The van der Waals surface area contributed by atoms with Gasteiger partial charge in [0.2, 0.25) is 0 Å². The van der Waals surface area contributed by atoms with Crippen molar-refractivity contribution in [1.82, 2.24) is 0 Å². The molecule has 0 aromatic heterocycles. The number of nitroso groups, excluding NO2 is 1. The first kappa shape index (κ1) is 10.4. The molecule has 0 radical (unpaired) electrons. The molecule has 1 aromatic carbocycles. The largest absolute Gasteiger partial charge is 0.466 e. The Morgan fingerprint density at radius 1 is 1.36 bits per heavy atom. The molecule has 0 atom stereocenters. The Morgan fingerprint density at radius 3 is 2.50 bits per heavy atom. The summed E-state index contributed by atoms with van der Waals surface area (Å²) in [7, 11) is 0. The minimum Gasteiger partial charge on any atom is -0.466 e. The number of hydrogen-bond donors (Lipinski definition) is 1. The van der Waals surface area contributed by atoms with E-state index in [0.29, 0.717) is 12.3 Å². The van der Waals surface area contributed by atoms with Crippen molar-refractivity contribution in [2.75, 3.05) is 6.61 Å². The average Bonchev–Trinajstić information content (AvgIpc) is 2.19. The van der Waals surface area contributed by atoms with Gasteiger partial charge in [0.15, 0.2) is 0 Å². The van der Waals surface area contributed by atoms with Gasteiger partial charge in [-0.05, 0) is 12.5 Å². The molecular weight excluding hydrogens is 182 g/mol. The van der Waals surface area contributed by atoms with E-state index in [2.05, 4.69) is 0 Å². The maximum Gasteiger partial charge on any atom is 0.310 e. The third-order valence-corrected chi connectivity index (χ3v) is 1.73. The molecule has 0 fully saturated rings. The molecule has 0 spiro atoms. The standard InChI is InChI=1S/C10H11NO3/c1-2-14-10(12)7-8-3-5-9(11-13)6-4-8/h3-6H,2,7H2,1H3/p+1. The molecule has 1 N–H and O–H groups in total. The number of hydrogen-bond acceptors (Lipinski definition) is 3. The summed E-state index contributed by atoms with van der Waals surface area (Å²) in [5.41, 5.74) is 1.32. The number of carbonyl (C=O) groups is 1. The van der Waals surface area contributed by atoms with Crippen LogP contribution in [-0.4, -0.2) is 12.6 Å². The van der Waals surface area contributed by atoms with E-state index in [1.54, 1.807) is 36.4 Å². The molecule has 0 aliphatic carbocycles. The summed E-state index contributed by atoms with van der Waals surface area (Å²) >= 11 is 0. The summed E-state index contributed by atoms with van der Waals surface area (Å²) in [6.45, 7) is 2.15. The Bertz CT molecular complexity index is 319. The molecule has 0 aliphatic rings. The summed E-state index contributed by atoms with van der Waals surface area (Å²) in [6, 6.07) is 6.69. The predicted molar refractivity (Wildman–Crippen MR) is 50.8 cm³/mol. The van der Waals surface area contributed by atoms with Crippen LogP contribution < -0.4 is 5.18 Å². The van der Waals surface area contributed by atoms with Crippen LogP contribution >= 0.6 is 0 Å². The Morgan fingerprint density at radius 2 is 2.00 bits per heavy atom. The normalized spacial score (nSPS) is 9.50. The van der Waals surface area contributed by atoms with Crippen molar-refractivity contribution >= 4 is 11.7 Å². The lowest BCUT2D eigenvalue weighted by Gasteiger charge is -2.00. The molecule has 1 aromatic rings. The van der Waals surface area contributed by atoms with Gasteiger partial charge in [0, 0.05) is 22.2 Å². The average molecular weight is 194 g/mol. The Hall–Kier alpha value is -1.71. The second-order valence-corrected chi connectivity index (χ2v) is 2.78. The van der Waals surface area contributed by atoms with E-state index in [9.17, 15) is 9.70 Å². The lowest BCUT2D eigenvalue weighted by atomic mass is 10.1. The molecule has 0 bridgehead atoms. The van der Waals surface area contributed by atoms with Crippen LogP contribution in [0.25, 0.3) is 0 Å². The highest BCUT2D eigenvalue weighted by molar-refractivity contribution is 5.72. The van der Waals surface area contributed by atoms with Crippen molar-refractivity contribution in [3.05, 3.63) is 34.7 Å². The second kappa shape index (κ2) is 5.11. The zero-order chi connectivity index (χ0) is 10.4. The highest BCUT2D eigenvalue weighted by Gasteiger charge is 2.04. The van der Waals surface area contributed by atoms with Crippen LogP contribution in [0.1, 0.15) is 12.5 Å². The highest BCUT2D eigenvalue weighted by Crippen LogP contribution is 2.05. The monoisotopic (exact) mass is 194 g/mol. The summed E-state index contributed by atoms with van der Waals surface area (Å²) < 4.78 is 4.79. The van der Waals surface area contributed by atoms with E-state index in [-0.39, 0.29) is 12.4 Å². The maximum atomic E-state index is 11.1. The third kappa shape index (κ3) is 2.97. The van der Waals surface area contributed by atoms with E-state index in [0.717, 1.165) is 5.56 Å². The van der Waals surface area contributed by atoms with Crippen LogP contribution in [0.5, 0.6) is 0 Å². The fraction of sp³-hybridized carbons (Fsp3) is 0.300. The lowest BCUT2D eigenvalue weighted by Crippen LogP contribution is -2.55. The minimum atomic E-state index is -0.254. The Labute approximate surface area is 81.9 Å². The Balaban J connectivity index is 2.59. The van der Waals surface area contributed by atoms with Gasteiger partial charge in [-0.15, -0.1) is 0 Å². The number of benzene rings is 1. The molecule has 14 heavy (non-hydrogen) atoms. The molecule has 0 saturated heterocycles. The molecule has 4 nitrogen and oxygen atoms in total. The van der Waals surface area contributed by atoms with Gasteiger partial charge in [-0.2, -0.15) is 0 Å².